The Hall–Kier alpha value is -6.91. The Balaban J connectivity index is 1.23. The third-order valence-electron chi connectivity index (χ3n) is 9.77. The average Bonchev–Trinajstić information content (AvgIpc) is 3.54. The first-order chi connectivity index (χ1) is 25.3. The summed E-state index contributed by atoms with van der Waals surface area (Å²) in [5.74, 6) is 0.675. The van der Waals surface area contributed by atoms with Crippen LogP contribution in [0.3, 0.4) is 0 Å². The third-order valence-corrected chi connectivity index (χ3v) is 9.77. The molecule has 0 unspecified atom stereocenters. The predicted octanol–water partition coefficient (Wildman–Crippen LogP) is 11.9. The molecule has 0 amide bonds. The lowest BCUT2D eigenvalue weighted by Gasteiger charge is -2.14. The summed E-state index contributed by atoms with van der Waals surface area (Å²) in [4.78, 5) is 15.6. The average molecular weight is 651 g/mol. The summed E-state index contributed by atoms with van der Waals surface area (Å²) in [6.07, 6.45) is 0. The quantitative estimate of drug-likeness (QED) is 0.174. The lowest BCUT2D eigenvalue weighted by Crippen LogP contribution is -1.97. The van der Waals surface area contributed by atoms with E-state index < -0.39 is 0 Å². The van der Waals surface area contributed by atoms with E-state index in [-0.39, 0.29) is 0 Å². The molecule has 4 nitrogen and oxygen atoms in total. The molecule has 0 saturated heterocycles. The first kappa shape index (κ1) is 29.0. The van der Waals surface area contributed by atoms with Crippen molar-refractivity contribution in [2.24, 2.45) is 0 Å². The second-order valence-electron chi connectivity index (χ2n) is 12.9. The van der Waals surface area contributed by atoms with Crippen LogP contribution in [-0.2, 0) is 0 Å². The van der Waals surface area contributed by atoms with Crippen molar-refractivity contribution in [3.63, 3.8) is 0 Å². The number of hydrogen-bond acceptors (Lipinski definition) is 3. The summed E-state index contributed by atoms with van der Waals surface area (Å²) >= 11 is 0. The van der Waals surface area contributed by atoms with E-state index >= 15 is 0 Å². The van der Waals surface area contributed by atoms with Crippen LogP contribution in [0.5, 0.6) is 0 Å². The second-order valence-corrected chi connectivity index (χ2v) is 12.9. The maximum absolute atomic E-state index is 5.35. The SMILES string of the molecule is c1ccc(-c2cc(-c3ccccc3)nc(-c3cccc(-c4nc5ccccc5c5cc6c7ccccc7n(-c7ccccc7)c6cc45)c3)n2)cc1. The highest BCUT2D eigenvalue weighted by atomic mass is 15.0. The second kappa shape index (κ2) is 11.9. The summed E-state index contributed by atoms with van der Waals surface area (Å²) in [5.41, 5.74) is 11.2. The highest BCUT2D eigenvalue weighted by Crippen LogP contribution is 2.40. The van der Waals surface area contributed by atoms with E-state index in [2.05, 4.69) is 150 Å². The molecule has 0 saturated carbocycles. The number of nitrogens with zero attached hydrogens (tertiary/aromatic N) is 4. The minimum Gasteiger partial charge on any atom is -0.309 e. The topological polar surface area (TPSA) is 43.6 Å². The van der Waals surface area contributed by atoms with Crippen LogP contribution in [-0.4, -0.2) is 19.5 Å². The van der Waals surface area contributed by atoms with Crippen molar-refractivity contribution in [2.75, 3.05) is 0 Å². The Morgan fingerprint density at radius 3 is 1.65 bits per heavy atom. The van der Waals surface area contributed by atoms with Gasteiger partial charge in [0.25, 0.3) is 0 Å². The van der Waals surface area contributed by atoms with E-state index in [1.54, 1.807) is 0 Å². The molecule has 4 heteroatoms. The maximum Gasteiger partial charge on any atom is 0.160 e. The highest BCUT2D eigenvalue weighted by molar-refractivity contribution is 6.20. The minimum absolute atomic E-state index is 0.675. The molecule has 0 aliphatic carbocycles. The van der Waals surface area contributed by atoms with Crippen molar-refractivity contribution in [1.82, 2.24) is 19.5 Å². The number of rotatable bonds is 5. The zero-order valence-electron chi connectivity index (χ0n) is 27.6. The number of hydrogen-bond donors (Lipinski definition) is 0. The molecule has 3 heterocycles. The van der Waals surface area contributed by atoms with Gasteiger partial charge in [0.15, 0.2) is 5.82 Å². The molecule has 0 aliphatic rings. The van der Waals surface area contributed by atoms with E-state index in [9.17, 15) is 0 Å². The summed E-state index contributed by atoms with van der Waals surface area (Å²) in [6, 6.07) is 63.7. The summed E-state index contributed by atoms with van der Waals surface area (Å²) in [5, 5.41) is 5.86. The Kier molecular flexibility index (Phi) is 6.78. The van der Waals surface area contributed by atoms with Crippen LogP contribution in [0.2, 0.25) is 0 Å². The fraction of sp³-hybridized carbons (Fsp3) is 0. The lowest BCUT2D eigenvalue weighted by molar-refractivity contribution is 1.18. The van der Waals surface area contributed by atoms with Crippen molar-refractivity contribution in [2.45, 2.75) is 0 Å². The van der Waals surface area contributed by atoms with Crippen LogP contribution in [0.15, 0.2) is 182 Å². The van der Waals surface area contributed by atoms with Crippen LogP contribution in [0, 0.1) is 0 Å². The van der Waals surface area contributed by atoms with Crippen molar-refractivity contribution in [3.05, 3.63) is 182 Å². The number of para-hydroxylation sites is 3. The molecule has 0 atom stereocenters. The van der Waals surface area contributed by atoms with E-state index in [0.29, 0.717) is 5.82 Å². The molecule has 0 fully saturated rings. The van der Waals surface area contributed by atoms with Gasteiger partial charge in [-0.1, -0.05) is 133 Å². The normalized spacial score (nSPS) is 11.5. The molecule has 0 aliphatic heterocycles. The number of pyridine rings is 1. The predicted molar refractivity (Wildman–Crippen MR) is 211 cm³/mol. The number of aromatic nitrogens is 4. The smallest absolute Gasteiger partial charge is 0.160 e. The number of fused-ring (bicyclic) bond motifs is 6. The van der Waals surface area contributed by atoms with Gasteiger partial charge in [-0.2, -0.15) is 0 Å². The van der Waals surface area contributed by atoms with E-state index in [1.165, 1.54) is 21.7 Å². The largest absolute Gasteiger partial charge is 0.309 e. The van der Waals surface area contributed by atoms with Crippen LogP contribution >= 0.6 is 0 Å². The van der Waals surface area contributed by atoms with Gasteiger partial charge >= 0.3 is 0 Å². The molecule has 51 heavy (non-hydrogen) atoms. The van der Waals surface area contributed by atoms with Crippen molar-refractivity contribution in [1.29, 1.82) is 0 Å². The molecule has 0 radical (unpaired) electrons. The molecule has 238 valence electrons. The summed E-state index contributed by atoms with van der Waals surface area (Å²) < 4.78 is 2.37. The highest BCUT2D eigenvalue weighted by Gasteiger charge is 2.18. The van der Waals surface area contributed by atoms with Gasteiger partial charge in [-0.25, -0.2) is 15.0 Å². The van der Waals surface area contributed by atoms with E-state index in [0.717, 1.165) is 66.8 Å². The monoisotopic (exact) mass is 650 g/mol. The molecular formula is C47H30N4. The standard InChI is InChI=1S/C47H30N4/c1-4-15-31(16-5-1)42-30-43(32-17-6-2-7-18-32)50-47(49-42)34-20-14-19-33(27-34)46-40-29-45-39(28-38(40)36-23-10-12-25-41(36)48-46)37-24-11-13-26-44(37)51(45)35-21-8-3-9-22-35/h1-30H. The van der Waals surface area contributed by atoms with Gasteiger partial charge in [0.2, 0.25) is 0 Å². The zero-order valence-corrected chi connectivity index (χ0v) is 27.6. The maximum atomic E-state index is 5.35. The molecule has 7 aromatic carbocycles. The van der Waals surface area contributed by atoms with E-state index in [4.69, 9.17) is 15.0 Å². The van der Waals surface area contributed by atoms with Crippen LogP contribution in [0.25, 0.3) is 94.3 Å². The van der Waals surface area contributed by atoms with Crippen molar-refractivity contribution < 1.29 is 0 Å². The van der Waals surface area contributed by atoms with Crippen LogP contribution < -0.4 is 0 Å². The van der Waals surface area contributed by atoms with Gasteiger partial charge in [0.1, 0.15) is 0 Å². The Labute approximate surface area is 295 Å². The first-order valence-electron chi connectivity index (χ1n) is 17.2. The summed E-state index contributed by atoms with van der Waals surface area (Å²) in [7, 11) is 0. The zero-order chi connectivity index (χ0) is 33.7. The van der Waals surface area contributed by atoms with Gasteiger partial charge < -0.3 is 4.57 Å². The van der Waals surface area contributed by atoms with Gasteiger partial charge in [0.05, 0.1) is 33.6 Å². The van der Waals surface area contributed by atoms with Crippen LogP contribution in [0.1, 0.15) is 0 Å². The Bertz CT molecular complexity index is 2840. The lowest BCUT2D eigenvalue weighted by atomic mass is 9.97. The van der Waals surface area contributed by atoms with Gasteiger partial charge in [-0.15, -0.1) is 0 Å². The fourth-order valence-corrected chi connectivity index (χ4v) is 7.38. The molecule has 3 aromatic heterocycles. The fourth-order valence-electron chi connectivity index (χ4n) is 7.38. The molecular weight excluding hydrogens is 621 g/mol. The Morgan fingerprint density at radius 1 is 0.333 bits per heavy atom. The van der Waals surface area contributed by atoms with E-state index in [1.807, 2.05) is 36.4 Å². The number of benzene rings is 7. The molecule has 0 N–H and O–H groups in total. The first-order valence-corrected chi connectivity index (χ1v) is 17.2. The van der Waals surface area contributed by atoms with Gasteiger partial charge in [-0.3, -0.25) is 0 Å². The third kappa shape index (κ3) is 4.96. The molecule has 0 bridgehead atoms. The Morgan fingerprint density at radius 2 is 0.922 bits per heavy atom. The van der Waals surface area contributed by atoms with Crippen LogP contribution in [0.4, 0.5) is 0 Å². The molecule has 0 spiro atoms. The van der Waals surface area contributed by atoms with Gasteiger partial charge in [0, 0.05) is 49.5 Å². The van der Waals surface area contributed by atoms with Gasteiger partial charge in [-0.05, 0) is 53.9 Å². The molecule has 10 aromatic rings. The summed E-state index contributed by atoms with van der Waals surface area (Å²) in [6.45, 7) is 0. The van der Waals surface area contributed by atoms with Crippen molar-refractivity contribution in [3.8, 4) is 50.8 Å². The van der Waals surface area contributed by atoms with Crippen molar-refractivity contribution >= 4 is 43.5 Å². The minimum atomic E-state index is 0.675. The molecule has 10 rings (SSSR count).